The monoisotopic (exact) mass is 331 g/mol. The molecule has 1 atom stereocenters. The van der Waals surface area contributed by atoms with Crippen LogP contribution in [0.15, 0.2) is 36.7 Å². The second-order valence-corrected chi connectivity index (χ2v) is 5.82. The maximum absolute atomic E-state index is 12.3. The van der Waals surface area contributed by atoms with Crippen LogP contribution in [0, 0.1) is 0 Å². The minimum absolute atomic E-state index is 0.00881. The molecule has 2 heterocycles. The zero-order valence-corrected chi connectivity index (χ0v) is 12.7. The smallest absolute Gasteiger partial charge is 0.292 e. The Balaban J connectivity index is 1.82. The number of thioether (sulfide) groups is 1. The first-order chi connectivity index (χ1) is 11.1. The number of nitrogens with zero attached hydrogens (tertiary/aromatic N) is 3. The summed E-state index contributed by atoms with van der Waals surface area (Å²) in [5.74, 6) is -0.475. The Kier molecular flexibility index (Phi) is 4.02. The zero-order valence-electron chi connectivity index (χ0n) is 11.8. The van der Waals surface area contributed by atoms with E-state index in [9.17, 15) is 14.7 Å². The molecule has 0 aliphatic carbocycles. The summed E-state index contributed by atoms with van der Waals surface area (Å²) < 4.78 is 0. The van der Waals surface area contributed by atoms with E-state index in [0.29, 0.717) is 0 Å². The fourth-order valence-electron chi connectivity index (χ4n) is 2.12. The number of aromatic hydroxyl groups is 1. The summed E-state index contributed by atoms with van der Waals surface area (Å²) in [5.41, 5.74) is 8.89. The molecule has 0 saturated carbocycles. The highest BCUT2D eigenvalue weighted by Crippen LogP contribution is 2.37. The number of carbonyl (C=O) groups is 2. The molecule has 2 amide bonds. The molecule has 3 rings (SSSR count). The first-order valence-electron chi connectivity index (χ1n) is 6.66. The van der Waals surface area contributed by atoms with Crippen LogP contribution in [0.5, 0.6) is 5.75 Å². The van der Waals surface area contributed by atoms with Crippen LogP contribution in [0.3, 0.4) is 0 Å². The standard InChI is InChI=1S/C14H13N5O3S/c15-12-11(16-5-6-17-12)13(22)18-19-10(21)7-23-14(19)8-1-3-9(20)4-2-8/h1-6,14,20H,7H2,(H2,15,17)(H,18,22). The van der Waals surface area contributed by atoms with Crippen LogP contribution in [0.4, 0.5) is 5.82 Å². The van der Waals surface area contributed by atoms with Gasteiger partial charge in [-0.2, -0.15) is 0 Å². The summed E-state index contributed by atoms with van der Waals surface area (Å²) in [6.07, 6.45) is 2.73. The van der Waals surface area contributed by atoms with E-state index >= 15 is 0 Å². The number of phenols is 1. The lowest BCUT2D eigenvalue weighted by Crippen LogP contribution is -2.45. The molecule has 1 saturated heterocycles. The lowest BCUT2D eigenvalue weighted by atomic mass is 10.2. The Morgan fingerprint density at radius 2 is 2.00 bits per heavy atom. The molecule has 1 aliphatic rings. The molecule has 23 heavy (non-hydrogen) atoms. The number of nitrogens with one attached hydrogen (secondary N) is 1. The van der Waals surface area contributed by atoms with Crippen molar-refractivity contribution in [3.8, 4) is 5.75 Å². The van der Waals surface area contributed by atoms with Crippen LogP contribution in [0.25, 0.3) is 0 Å². The van der Waals surface area contributed by atoms with E-state index in [2.05, 4.69) is 15.4 Å². The quantitative estimate of drug-likeness (QED) is 0.756. The second-order valence-electron chi connectivity index (χ2n) is 4.75. The molecule has 8 nitrogen and oxygen atoms in total. The van der Waals surface area contributed by atoms with Crippen LogP contribution in [-0.4, -0.2) is 37.7 Å². The van der Waals surface area contributed by atoms with Crippen LogP contribution in [0.1, 0.15) is 21.4 Å². The number of anilines is 1. The predicted octanol–water partition coefficient (Wildman–Crippen LogP) is 0.683. The molecular weight excluding hydrogens is 318 g/mol. The van der Waals surface area contributed by atoms with Crippen molar-refractivity contribution in [3.05, 3.63) is 47.9 Å². The van der Waals surface area contributed by atoms with Gasteiger partial charge in [-0.05, 0) is 17.7 Å². The number of amides is 2. The van der Waals surface area contributed by atoms with E-state index in [1.165, 1.54) is 41.3 Å². The number of benzene rings is 1. The highest BCUT2D eigenvalue weighted by Gasteiger charge is 2.35. The molecule has 0 spiro atoms. The van der Waals surface area contributed by atoms with Crippen molar-refractivity contribution < 1.29 is 14.7 Å². The highest BCUT2D eigenvalue weighted by atomic mass is 32.2. The van der Waals surface area contributed by atoms with E-state index in [0.717, 1.165) is 5.56 Å². The average molecular weight is 331 g/mol. The van der Waals surface area contributed by atoms with E-state index < -0.39 is 5.91 Å². The Morgan fingerprint density at radius 1 is 1.30 bits per heavy atom. The third-order valence-electron chi connectivity index (χ3n) is 3.21. The lowest BCUT2D eigenvalue weighted by molar-refractivity contribution is -0.130. The van der Waals surface area contributed by atoms with E-state index in [1.807, 2.05) is 0 Å². The predicted molar refractivity (Wildman–Crippen MR) is 84.1 cm³/mol. The maximum Gasteiger partial charge on any atom is 0.292 e. The van der Waals surface area contributed by atoms with Crippen LogP contribution in [0.2, 0.25) is 0 Å². The summed E-state index contributed by atoms with van der Waals surface area (Å²) in [6, 6.07) is 6.45. The Labute approximate surface area is 135 Å². The summed E-state index contributed by atoms with van der Waals surface area (Å²) >= 11 is 1.37. The molecule has 0 bridgehead atoms. The first-order valence-corrected chi connectivity index (χ1v) is 7.71. The fraction of sp³-hybridized carbons (Fsp3) is 0.143. The van der Waals surface area contributed by atoms with E-state index in [4.69, 9.17) is 5.73 Å². The number of phenolic OH excluding ortho intramolecular Hbond substituents is 1. The highest BCUT2D eigenvalue weighted by molar-refractivity contribution is 8.00. The van der Waals surface area contributed by atoms with Gasteiger partial charge in [0, 0.05) is 12.4 Å². The number of aromatic nitrogens is 2. The van der Waals surface area contributed by atoms with Gasteiger partial charge in [-0.1, -0.05) is 12.1 Å². The summed E-state index contributed by atoms with van der Waals surface area (Å²) in [6.45, 7) is 0. The number of nitrogens with two attached hydrogens (primary N) is 1. The van der Waals surface area contributed by atoms with Gasteiger partial charge in [0.2, 0.25) is 0 Å². The molecule has 118 valence electrons. The number of hydrazine groups is 1. The molecule has 1 aromatic heterocycles. The number of hydrogen-bond donors (Lipinski definition) is 3. The summed E-state index contributed by atoms with van der Waals surface area (Å²) in [7, 11) is 0. The number of nitrogen functional groups attached to an aromatic ring is 1. The van der Waals surface area contributed by atoms with Crippen molar-refractivity contribution in [1.82, 2.24) is 20.4 Å². The van der Waals surface area contributed by atoms with Crippen LogP contribution >= 0.6 is 11.8 Å². The maximum atomic E-state index is 12.3. The Hall–Kier alpha value is -2.81. The second kappa shape index (κ2) is 6.13. The third-order valence-corrected chi connectivity index (χ3v) is 4.42. The molecule has 9 heteroatoms. The Bertz CT molecular complexity index is 752. The topological polar surface area (TPSA) is 121 Å². The van der Waals surface area contributed by atoms with Crippen LogP contribution in [-0.2, 0) is 4.79 Å². The summed E-state index contributed by atoms with van der Waals surface area (Å²) in [4.78, 5) is 32.0. The largest absolute Gasteiger partial charge is 0.508 e. The average Bonchev–Trinajstić information content (AvgIpc) is 2.89. The summed E-state index contributed by atoms with van der Waals surface area (Å²) in [5, 5.41) is 10.2. The van der Waals surface area contributed by atoms with Gasteiger partial charge in [0.25, 0.3) is 11.8 Å². The van der Waals surface area contributed by atoms with Crippen molar-refractivity contribution >= 4 is 29.4 Å². The third kappa shape index (κ3) is 3.04. The van der Waals surface area contributed by atoms with Crippen LogP contribution < -0.4 is 11.2 Å². The fourth-order valence-corrected chi connectivity index (χ4v) is 3.22. The normalized spacial score (nSPS) is 17.3. The number of carbonyl (C=O) groups excluding carboxylic acids is 2. The van der Waals surface area contributed by atoms with E-state index in [1.54, 1.807) is 12.1 Å². The lowest BCUT2D eigenvalue weighted by Gasteiger charge is -2.24. The molecule has 4 N–H and O–H groups in total. The molecule has 1 aromatic carbocycles. The molecule has 2 aromatic rings. The molecule has 1 unspecified atom stereocenters. The number of rotatable bonds is 3. The van der Waals surface area contributed by atoms with Gasteiger partial charge in [0.1, 0.15) is 11.1 Å². The Morgan fingerprint density at radius 3 is 2.70 bits per heavy atom. The van der Waals surface area contributed by atoms with E-state index in [-0.39, 0.29) is 34.3 Å². The van der Waals surface area contributed by atoms with Crippen molar-refractivity contribution in [1.29, 1.82) is 0 Å². The minimum atomic E-state index is -0.602. The zero-order chi connectivity index (χ0) is 16.4. The minimum Gasteiger partial charge on any atom is -0.508 e. The van der Waals surface area contributed by atoms with Crippen molar-refractivity contribution in [2.75, 3.05) is 11.5 Å². The van der Waals surface area contributed by atoms with Crippen molar-refractivity contribution in [2.24, 2.45) is 0 Å². The number of hydrogen-bond acceptors (Lipinski definition) is 7. The van der Waals surface area contributed by atoms with Gasteiger partial charge in [0.05, 0.1) is 5.75 Å². The first kappa shape index (κ1) is 15.1. The molecule has 1 aliphatic heterocycles. The van der Waals surface area contributed by atoms with Gasteiger partial charge in [-0.15, -0.1) is 11.8 Å². The molecule has 1 fully saturated rings. The van der Waals surface area contributed by atoms with Crippen molar-refractivity contribution in [3.63, 3.8) is 0 Å². The van der Waals surface area contributed by atoms with Gasteiger partial charge >= 0.3 is 0 Å². The molecular formula is C14H13N5O3S. The van der Waals surface area contributed by atoms with Gasteiger partial charge in [0.15, 0.2) is 11.5 Å². The van der Waals surface area contributed by atoms with Gasteiger partial charge in [-0.3, -0.25) is 15.0 Å². The molecule has 0 radical (unpaired) electrons. The van der Waals surface area contributed by atoms with Gasteiger partial charge < -0.3 is 10.8 Å². The van der Waals surface area contributed by atoms with Gasteiger partial charge in [-0.25, -0.2) is 15.0 Å². The SMILES string of the molecule is Nc1nccnc1C(=O)NN1C(=O)CSC1c1ccc(O)cc1. The van der Waals surface area contributed by atoms with Crippen molar-refractivity contribution in [2.45, 2.75) is 5.37 Å².